The van der Waals surface area contributed by atoms with Gasteiger partial charge in [-0.05, 0) is 30.9 Å². The lowest BCUT2D eigenvalue weighted by Gasteiger charge is -2.23. The summed E-state index contributed by atoms with van der Waals surface area (Å²) in [5.41, 5.74) is 0.693. The highest BCUT2D eigenvalue weighted by molar-refractivity contribution is 6.34. The number of carbonyl (C=O) groups is 3. The second-order valence-electron chi connectivity index (χ2n) is 8.00. The molecule has 0 saturated carbocycles. The average Bonchev–Trinajstić information content (AvgIpc) is 2.80. The average molecular weight is 490 g/mol. The molecule has 0 aliphatic rings. The number of carbonyl (C=O) groups excluding carboxylic acids is 3. The van der Waals surface area contributed by atoms with Gasteiger partial charge in [-0.25, -0.2) is 0 Å². The number of halogens is 1. The van der Waals surface area contributed by atoms with Gasteiger partial charge in [-0.15, -0.1) is 0 Å². The SMILES string of the molecule is CCOC(=O)C(CNC(=O)C(NC(=O)c1ccc([N+](=O)[O-])cc1Cl)C(C)C)Cc1ccccc1. The van der Waals surface area contributed by atoms with Gasteiger partial charge in [-0.1, -0.05) is 55.8 Å². The highest BCUT2D eigenvalue weighted by Crippen LogP contribution is 2.22. The molecule has 0 bridgehead atoms. The molecule has 0 aliphatic heterocycles. The first kappa shape index (κ1) is 26.8. The molecule has 0 saturated heterocycles. The Kier molecular flexibility index (Phi) is 10.0. The summed E-state index contributed by atoms with van der Waals surface area (Å²) in [6.45, 7) is 5.48. The fourth-order valence-electron chi connectivity index (χ4n) is 3.29. The third-order valence-electron chi connectivity index (χ3n) is 5.11. The van der Waals surface area contributed by atoms with E-state index in [9.17, 15) is 24.5 Å². The van der Waals surface area contributed by atoms with E-state index in [0.717, 1.165) is 11.6 Å². The molecule has 34 heavy (non-hydrogen) atoms. The fourth-order valence-corrected chi connectivity index (χ4v) is 3.55. The number of hydrogen-bond acceptors (Lipinski definition) is 6. The number of esters is 1. The van der Waals surface area contributed by atoms with Gasteiger partial charge in [-0.3, -0.25) is 24.5 Å². The summed E-state index contributed by atoms with van der Waals surface area (Å²) in [4.78, 5) is 48.3. The van der Waals surface area contributed by atoms with Crippen LogP contribution in [0.1, 0.15) is 36.7 Å². The van der Waals surface area contributed by atoms with E-state index in [1.54, 1.807) is 20.8 Å². The zero-order valence-corrected chi connectivity index (χ0v) is 20.0. The Bertz CT molecular complexity index is 1030. The molecule has 2 aromatic carbocycles. The molecule has 2 N–H and O–H groups in total. The number of amides is 2. The van der Waals surface area contributed by atoms with Crippen molar-refractivity contribution in [1.29, 1.82) is 0 Å². The summed E-state index contributed by atoms with van der Waals surface area (Å²) in [5, 5.41) is 16.2. The molecule has 2 rings (SSSR count). The first-order valence-corrected chi connectivity index (χ1v) is 11.2. The van der Waals surface area contributed by atoms with Gasteiger partial charge in [0.2, 0.25) is 5.91 Å². The molecule has 0 heterocycles. The minimum Gasteiger partial charge on any atom is -0.466 e. The summed E-state index contributed by atoms with van der Waals surface area (Å²) in [6, 6.07) is 11.9. The summed E-state index contributed by atoms with van der Waals surface area (Å²) < 4.78 is 5.16. The van der Waals surface area contributed by atoms with E-state index in [4.69, 9.17) is 16.3 Å². The van der Waals surface area contributed by atoms with Gasteiger partial charge < -0.3 is 15.4 Å². The second kappa shape index (κ2) is 12.7. The highest BCUT2D eigenvalue weighted by atomic mass is 35.5. The normalized spacial score (nSPS) is 12.5. The van der Waals surface area contributed by atoms with E-state index in [2.05, 4.69) is 10.6 Å². The quantitative estimate of drug-likeness (QED) is 0.282. The topological polar surface area (TPSA) is 128 Å². The number of nitro groups is 1. The maximum atomic E-state index is 12.9. The van der Waals surface area contributed by atoms with Gasteiger partial charge in [-0.2, -0.15) is 0 Å². The first-order valence-electron chi connectivity index (χ1n) is 10.9. The molecule has 0 radical (unpaired) electrons. The number of rotatable bonds is 11. The molecule has 2 aromatic rings. The monoisotopic (exact) mass is 489 g/mol. The van der Waals surface area contributed by atoms with Crippen LogP contribution in [0, 0.1) is 22.0 Å². The smallest absolute Gasteiger partial charge is 0.311 e. The van der Waals surface area contributed by atoms with Gasteiger partial charge in [0.1, 0.15) is 6.04 Å². The van der Waals surface area contributed by atoms with Crippen molar-refractivity contribution in [2.45, 2.75) is 33.2 Å². The lowest BCUT2D eigenvalue weighted by molar-refractivity contribution is -0.384. The molecular weight excluding hydrogens is 462 g/mol. The van der Waals surface area contributed by atoms with Crippen molar-refractivity contribution in [2.24, 2.45) is 11.8 Å². The molecule has 0 aromatic heterocycles. The standard InChI is InChI=1S/C24H28ClN3O6/c1-4-34-24(31)17(12-16-8-6-5-7-9-16)14-26-23(30)21(15(2)3)27-22(29)19-11-10-18(28(32)33)13-20(19)25/h5-11,13,15,17,21H,4,12,14H2,1-3H3,(H,26,30)(H,27,29). The van der Waals surface area contributed by atoms with Crippen molar-refractivity contribution in [3.8, 4) is 0 Å². The van der Waals surface area contributed by atoms with Crippen LogP contribution in [0.4, 0.5) is 5.69 Å². The van der Waals surface area contributed by atoms with Crippen LogP contribution in [-0.4, -0.2) is 41.9 Å². The maximum absolute atomic E-state index is 12.9. The number of non-ortho nitro benzene ring substituents is 1. The molecule has 0 spiro atoms. The molecule has 0 aliphatic carbocycles. The number of nitrogens with zero attached hydrogens (tertiary/aromatic N) is 1. The van der Waals surface area contributed by atoms with Gasteiger partial charge in [0.05, 0.1) is 28.0 Å². The van der Waals surface area contributed by atoms with Crippen molar-refractivity contribution < 1.29 is 24.0 Å². The predicted molar refractivity (Wildman–Crippen MR) is 127 cm³/mol. The molecule has 2 unspecified atom stereocenters. The van der Waals surface area contributed by atoms with Crippen LogP contribution in [0.5, 0.6) is 0 Å². The van der Waals surface area contributed by atoms with E-state index < -0.39 is 34.7 Å². The Morgan fingerprint density at radius 2 is 1.79 bits per heavy atom. The molecule has 182 valence electrons. The Morgan fingerprint density at radius 1 is 1.12 bits per heavy atom. The van der Waals surface area contributed by atoms with Crippen LogP contribution < -0.4 is 10.6 Å². The van der Waals surface area contributed by atoms with Crippen LogP contribution in [0.25, 0.3) is 0 Å². The minimum atomic E-state index is -0.918. The third-order valence-corrected chi connectivity index (χ3v) is 5.42. The summed E-state index contributed by atoms with van der Waals surface area (Å²) in [5.74, 6) is -2.41. The maximum Gasteiger partial charge on any atom is 0.311 e. The molecule has 9 nitrogen and oxygen atoms in total. The number of ether oxygens (including phenoxy) is 1. The first-order chi connectivity index (χ1) is 16.1. The summed E-state index contributed by atoms with van der Waals surface area (Å²) in [7, 11) is 0. The lowest BCUT2D eigenvalue weighted by Crippen LogP contribution is -2.51. The van der Waals surface area contributed by atoms with Crippen molar-refractivity contribution in [3.63, 3.8) is 0 Å². The molecular formula is C24H28ClN3O6. The van der Waals surface area contributed by atoms with Crippen LogP contribution in [0.15, 0.2) is 48.5 Å². The van der Waals surface area contributed by atoms with Gasteiger partial charge in [0.25, 0.3) is 11.6 Å². The molecule has 10 heteroatoms. The van der Waals surface area contributed by atoms with Crippen molar-refractivity contribution >= 4 is 35.1 Å². The minimum absolute atomic E-state index is 0.0131. The van der Waals surface area contributed by atoms with Crippen molar-refractivity contribution in [2.75, 3.05) is 13.2 Å². The zero-order valence-electron chi connectivity index (χ0n) is 19.2. The van der Waals surface area contributed by atoms with E-state index >= 15 is 0 Å². The lowest BCUT2D eigenvalue weighted by atomic mass is 9.98. The zero-order chi connectivity index (χ0) is 25.3. The number of nitrogens with one attached hydrogen (secondary N) is 2. The van der Waals surface area contributed by atoms with Gasteiger partial charge in [0.15, 0.2) is 0 Å². The summed E-state index contributed by atoms with van der Waals surface area (Å²) >= 11 is 6.04. The van der Waals surface area contributed by atoms with Gasteiger partial charge >= 0.3 is 5.97 Å². The Hall–Kier alpha value is -3.46. The van der Waals surface area contributed by atoms with Crippen LogP contribution in [-0.2, 0) is 20.7 Å². The van der Waals surface area contributed by atoms with Gasteiger partial charge in [0, 0.05) is 18.7 Å². The second-order valence-corrected chi connectivity index (χ2v) is 8.41. The molecule has 0 fully saturated rings. The van der Waals surface area contributed by atoms with Crippen molar-refractivity contribution in [3.05, 3.63) is 74.8 Å². The number of benzene rings is 2. The van der Waals surface area contributed by atoms with E-state index in [0.29, 0.717) is 6.42 Å². The Balaban J connectivity index is 2.09. The van der Waals surface area contributed by atoms with Crippen LogP contribution >= 0.6 is 11.6 Å². The van der Waals surface area contributed by atoms with Crippen molar-refractivity contribution in [1.82, 2.24) is 10.6 Å². The highest BCUT2D eigenvalue weighted by Gasteiger charge is 2.28. The van der Waals surface area contributed by atoms with E-state index in [1.165, 1.54) is 12.1 Å². The van der Waals surface area contributed by atoms with E-state index in [1.807, 2.05) is 30.3 Å². The number of nitro benzene ring substituents is 1. The third kappa shape index (κ3) is 7.55. The summed E-state index contributed by atoms with van der Waals surface area (Å²) in [6.07, 6.45) is 0.386. The largest absolute Gasteiger partial charge is 0.466 e. The Morgan fingerprint density at radius 3 is 2.35 bits per heavy atom. The molecule has 2 atom stereocenters. The number of hydrogen-bond donors (Lipinski definition) is 2. The Labute approximate surface area is 203 Å². The fraction of sp³-hybridized carbons (Fsp3) is 0.375. The van der Waals surface area contributed by atoms with Crippen LogP contribution in [0.3, 0.4) is 0 Å². The van der Waals surface area contributed by atoms with E-state index in [-0.39, 0.29) is 35.3 Å². The predicted octanol–water partition coefficient (Wildman–Crippen LogP) is 3.54. The van der Waals surface area contributed by atoms with Crippen LogP contribution in [0.2, 0.25) is 5.02 Å². The molecule has 2 amide bonds.